The van der Waals surface area contributed by atoms with Gasteiger partial charge in [0.05, 0.1) is 5.41 Å². The minimum atomic E-state index is -0.265. The van der Waals surface area contributed by atoms with E-state index < -0.39 is 0 Å². The Kier molecular flexibility index (Phi) is 2.60. The van der Waals surface area contributed by atoms with Gasteiger partial charge in [0.25, 0.3) is 0 Å². The van der Waals surface area contributed by atoms with Gasteiger partial charge in [-0.2, -0.15) is 0 Å². The monoisotopic (exact) mass is 288 g/mol. The Balaban J connectivity index is 1.55. The second-order valence-corrected chi connectivity index (χ2v) is 9.07. The highest BCUT2D eigenvalue weighted by Gasteiger charge is 2.66. The summed E-state index contributed by atoms with van der Waals surface area (Å²) in [4.78, 5) is 12.8. The van der Waals surface area contributed by atoms with Crippen molar-refractivity contribution in [2.45, 2.75) is 65.9 Å². The summed E-state index contributed by atoms with van der Waals surface area (Å²) in [6, 6.07) is 0. The van der Waals surface area contributed by atoms with Gasteiger partial charge in [-0.05, 0) is 55.3 Å². The number of hydrogen-bond donors (Lipinski definition) is 0. The van der Waals surface area contributed by atoms with Crippen LogP contribution in [0.1, 0.15) is 59.8 Å². The molecular formula is C19H28O2. The molecule has 0 amide bonds. The van der Waals surface area contributed by atoms with Crippen molar-refractivity contribution in [3.05, 3.63) is 12.2 Å². The number of hydrogen-bond acceptors (Lipinski definition) is 2. The van der Waals surface area contributed by atoms with Crippen molar-refractivity contribution in [1.29, 1.82) is 0 Å². The minimum Gasteiger partial charge on any atom is -0.461 e. The summed E-state index contributed by atoms with van der Waals surface area (Å²) >= 11 is 0. The molecule has 0 aliphatic heterocycles. The Labute approximate surface area is 128 Å². The fourth-order valence-electron chi connectivity index (χ4n) is 6.20. The summed E-state index contributed by atoms with van der Waals surface area (Å²) < 4.78 is 6.15. The zero-order valence-electron chi connectivity index (χ0n) is 13.8. The predicted molar refractivity (Wildman–Crippen MR) is 82.6 cm³/mol. The van der Waals surface area contributed by atoms with Crippen LogP contribution in [0.5, 0.6) is 0 Å². The molecule has 2 heteroatoms. The molecule has 4 aliphatic carbocycles. The number of ether oxygens (including phenoxy) is 1. The average molecular weight is 288 g/mol. The Hall–Kier alpha value is -0.790. The Morgan fingerprint density at radius 3 is 2.43 bits per heavy atom. The van der Waals surface area contributed by atoms with E-state index in [1.54, 1.807) is 0 Å². The van der Waals surface area contributed by atoms with Gasteiger partial charge in [-0.3, -0.25) is 4.79 Å². The molecule has 116 valence electrons. The zero-order chi connectivity index (χ0) is 15.0. The van der Waals surface area contributed by atoms with Gasteiger partial charge in [0.15, 0.2) is 0 Å². The van der Waals surface area contributed by atoms with Crippen molar-refractivity contribution in [1.82, 2.24) is 0 Å². The highest BCUT2D eigenvalue weighted by Crippen LogP contribution is 2.68. The van der Waals surface area contributed by atoms with Gasteiger partial charge in [-0.15, -0.1) is 0 Å². The summed E-state index contributed by atoms with van der Waals surface area (Å²) in [7, 11) is 0. The second-order valence-electron chi connectivity index (χ2n) is 9.07. The van der Waals surface area contributed by atoms with Crippen LogP contribution in [-0.2, 0) is 9.53 Å². The van der Waals surface area contributed by atoms with Gasteiger partial charge in [0.2, 0.25) is 0 Å². The lowest BCUT2D eigenvalue weighted by Gasteiger charge is -2.39. The van der Waals surface area contributed by atoms with Gasteiger partial charge < -0.3 is 4.74 Å². The maximum atomic E-state index is 12.8. The number of carbonyl (C=O) groups excluding carboxylic acids is 1. The third kappa shape index (κ3) is 1.57. The zero-order valence-corrected chi connectivity index (χ0v) is 13.8. The van der Waals surface area contributed by atoms with E-state index in [1.807, 2.05) is 0 Å². The lowest BCUT2D eigenvalue weighted by Crippen LogP contribution is -2.41. The van der Waals surface area contributed by atoms with Crippen LogP contribution in [0.15, 0.2) is 12.2 Å². The van der Waals surface area contributed by atoms with Crippen LogP contribution in [0, 0.1) is 34.0 Å². The molecular weight excluding hydrogens is 260 g/mol. The smallest absolute Gasteiger partial charge is 0.316 e. The molecule has 0 radical (unpaired) electrons. The Morgan fingerprint density at radius 1 is 1.24 bits per heavy atom. The molecule has 6 unspecified atom stereocenters. The summed E-state index contributed by atoms with van der Waals surface area (Å²) in [6.07, 6.45) is 9.94. The van der Waals surface area contributed by atoms with E-state index in [1.165, 1.54) is 12.8 Å². The molecule has 0 aromatic heterocycles. The van der Waals surface area contributed by atoms with Crippen LogP contribution in [0.3, 0.4) is 0 Å². The quantitative estimate of drug-likeness (QED) is 0.558. The number of allylic oxidation sites excluding steroid dienone is 1. The number of rotatable bonds is 2. The molecule has 4 rings (SSSR count). The van der Waals surface area contributed by atoms with Gasteiger partial charge in [0, 0.05) is 5.41 Å². The van der Waals surface area contributed by atoms with Crippen molar-refractivity contribution in [3.8, 4) is 0 Å². The summed E-state index contributed by atoms with van der Waals surface area (Å²) in [5, 5.41) is 0. The Morgan fingerprint density at radius 2 is 2.00 bits per heavy atom. The van der Waals surface area contributed by atoms with Crippen LogP contribution < -0.4 is 0 Å². The summed E-state index contributed by atoms with van der Waals surface area (Å²) in [5.74, 6) is 2.17. The lowest BCUT2D eigenvalue weighted by molar-refractivity contribution is -0.166. The lowest BCUT2D eigenvalue weighted by atomic mass is 9.70. The molecule has 0 aromatic rings. The van der Waals surface area contributed by atoms with Crippen molar-refractivity contribution >= 4 is 5.97 Å². The SMILES string of the molecule is CC1CC2(C)C(OC(=O)C34C=CC(CC3)C4)CC1C2(C)C. The average Bonchev–Trinajstić information content (AvgIpc) is 3.10. The van der Waals surface area contributed by atoms with E-state index in [0.29, 0.717) is 17.3 Å². The molecule has 0 saturated heterocycles. The normalized spacial score (nSPS) is 52.6. The van der Waals surface area contributed by atoms with Crippen LogP contribution in [0.2, 0.25) is 0 Å². The first-order valence-electron chi connectivity index (χ1n) is 8.69. The molecule has 0 heterocycles. The van der Waals surface area contributed by atoms with Crippen molar-refractivity contribution in [2.24, 2.45) is 34.0 Å². The first kappa shape index (κ1) is 13.8. The van der Waals surface area contributed by atoms with E-state index in [9.17, 15) is 4.79 Å². The summed E-state index contributed by atoms with van der Waals surface area (Å²) in [6.45, 7) is 9.49. The summed E-state index contributed by atoms with van der Waals surface area (Å²) in [5.41, 5.74) is 0.182. The molecule has 4 bridgehead atoms. The molecule has 4 aliphatic rings. The number of fused-ring (bicyclic) bond motifs is 4. The van der Waals surface area contributed by atoms with Gasteiger partial charge in [-0.25, -0.2) is 0 Å². The van der Waals surface area contributed by atoms with E-state index in [0.717, 1.165) is 25.2 Å². The van der Waals surface area contributed by atoms with Gasteiger partial charge in [0.1, 0.15) is 6.10 Å². The van der Waals surface area contributed by atoms with Gasteiger partial charge in [-0.1, -0.05) is 39.8 Å². The fourth-order valence-corrected chi connectivity index (χ4v) is 6.20. The van der Waals surface area contributed by atoms with Crippen LogP contribution >= 0.6 is 0 Å². The third-order valence-electron chi connectivity index (χ3n) is 7.94. The predicted octanol–water partition coefficient (Wildman–Crippen LogP) is 4.35. The Bertz CT molecular complexity index is 520. The highest BCUT2D eigenvalue weighted by atomic mass is 16.5. The maximum absolute atomic E-state index is 12.8. The molecule has 3 fully saturated rings. The van der Waals surface area contributed by atoms with E-state index in [2.05, 4.69) is 39.8 Å². The molecule has 21 heavy (non-hydrogen) atoms. The molecule has 0 N–H and O–H groups in total. The van der Waals surface area contributed by atoms with E-state index >= 15 is 0 Å². The maximum Gasteiger partial charge on any atom is 0.316 e. The highest BCUT2D eigenvalue weighted by molar-refractivity contribution is 5.80. The minimum absolute atomic E-state index is 0.0704. The van der Waals surface area contributed by atoms with Crippen LogP contribution in [0.25, 0.3) is 0 Å². The molecule has 0 aromatic carbocycles. The van der Waals surface area contributed by atoms with Crippen molar-refractivity contribution < 1.29 is 9.53 Å². The fraction of sp³-hybridized carbons (Fsp3) is 0.842. The third-order valence-corrected chi connectivity index (χ3v) is 7.94. The molecule has 3 saturated carbocycles. The van der Waals surface area contributed by atoms with Crippen LogP contribution in [0.4, 0.5) is 0 Å². The first-order valence-corrected chi connectivity index (χ1v) is 8.69. The van der Waals surface area contributed by atoms with E-state index in [-0.39, 0.29) is 22.9 Å². The number of carbonyl (C=O) groups is 1. The standard InChI is InChI=1S/C19H28O2/c1-12-10-18(4)15(9-14(12)17(18,2)3)21-16(20)19-7-5-13(11-19)6-8-19/h5,7,12-15H,6,8-11H2,1-4H3. The van der Waals surface area contributed by atoms with Crippen LogP contribution in [-0.4, -0.2) is 12.1 Å². The first-order chi connectivity index (χ1) is 9.78. The molecule has 0 spiro atoms. The number of esters is 1. The second kappa shape index (κ2) is 3.94. The van der Waals surface area contributed by atoms with Gasteiger partial charge >= 0.3 is 5.97 Å². The van der Waals surface area contributed by atoms with Crippen molar-refractivity contribution in [3.63, 3.8) is 0 Å². The topological polar surface area (TPSA) is 26.3 Å². The molecule has 6 atom stereocenters. The largest absolute Gasteiger partial charge is 0.461 e. The van der Waals surface area contributed by atoms with Crippen molar-refractivity contribution in [2.75, 3.05) is 0 Å². The van der Waals surface area contributed by atoms with E-state index in [4.69, 9.17) is 4.74 Å². The molecule has 2 nitrogen and oxygen atoms in total.